The van der Waals surface area contributed by atoms with E-state index in [2.05, 4.69) is 11.6 Å². The van der Waals surface area contributed by atoms with Gasteiger partial charge in [0, 0.05) is 23.8 Å². The first-order valence-corrected chi connectivity index (χ1v) is 8.05. The molecule has 1 aliphatic rings. The summed E-state index contributed by atoms with van der Waals surface area (Å²) in [5.74, 6) is 0. The maximum atomic E-state index is 12.0. The molecule has 0 aromatic carbocycles. The lowest BCUT2D eigenvalue weighted by molar-refractivity contribution is -0.135. The van der Waals surface area contributed by atoms with Gasteiger partial charge in [-0.2, -0.15) is 24.9 Å². The molecule has 18 heavy (non-hydrogen) atoms. The van der Waals surface area contributed by atoms with E-state index in [4.69, 9.17) is 0 Å². The number of thioether (sulfide) groups is 1. The number of rotatable bonds is 6. The van der Waals surface area contributed by atoms with Crippen molar-refractivity contribution in [2.24, 2.45) is 0 Å². The van der Waals surface area contributed by atoms with E-state index in [1.54, 1.807) is 0 Å². The molecular weight excluding hydrogens is 259 g/mol. The van der Waals surface area contributed by atoms with E-state index in [-0.39, 0.29) is 12.5 Å². The largest absolute Gasteiger partial charge is 0.389 e. The molecule has 0 aromatic rings. The van der Waals surface area contributed by atoms with E-state index < -0.39 is 12.6 Å². The van der Waals surface area contributed by atoms with Crippen molar-refractivity contribution in [3.05, 3.63) is 0 Å². The quantitative estimate of drug-likeness (QED) is 0.777. The highest BCUT2D eigenvalue weighted by Crippen LogP contribution is 2.27. The molecule has 0 bridgehead atoms. The number of halogens is 3. The highest BCUT2D eigenvalue weighted by atomic mass is 32.2. The summed E-state index contributed by atoms with van der Waals surface area (Å²) in [7, 11) is 0. The Morgan fingerprint density at radius 2 is 2.06 bits per heavy atom. The summed E-state index contributed by atoms with van der Waals surface area (Å²) >= 11 is 1.91. The van der Waals surface area contributed by atoms with Gasteiger partial charge < -0.3 is 5.32 Å². The zero-order chi connectivity index (χ0) is 13.6. The van der Waals surface area contributed by atoms with Crippen LogP contribution in [0.1, 0.15) is 51.9 Å². The number of hydrogen-bond acceptors (Lipinski definition) is 2. The van der Waals surface area contributed by atoms with Gasteiger partial charge in [0.1, 0.15) is 0 Å². The molecule has 0 radical (unpaired) electrons. The summed E-state index contributed by atoms with van der Waals surface area (Å²) in [5, 5.41) is 4.21. The Morgan fingerprint density at radius 1 is 1.33 bits per heavy atom. The molecule has 3 unspecified atom stereocenters. The molecule has 0 heterocycles. The summed E-state index contributed by atoms with van der Waals surface area (Å²) in [5.41, 5.74) is 0. The third-order valence-electron chi connectivity index (χ3n) is 3.58. The second-order valence-electron chi connectivity index (χ2n) is 5.30. The van der Waals surface area contributed by atoms with E-state index in [1.165, 1.54) is 19.3 Å². The van der Waals surface area contributed by atoms with E-state index >= 15 is 0 Å². The Kier molecular flexibility index (Phi) is 6.85. The molecule has 1 rings (SSSR count). The van der Waals surface area contributed by atoms with Gasteiger partial charge in [-0.15, -0.1) is 0 Å². The normalized spacial score (nSPS) is 27.2. The van der Waals surface area contributed by atoms with Crippen LogP contribution in [0, 0.1) is 0 Å². The van der Waals surface area contributed by atoms with Crippen LogP contribution in [0.3, 0.4) is 0 Å². The average molecular weight is 283 g/mol. The van der Waals surface area contributed by atoms with Gasteiger partial charge in [-0.05, 0) is 45.3 Å². The van der Waals surface area contributed by atoms with Gasteiger partial charge in [-0.3, -0.25) is 0 Å². The molecule has 1 saturated carbocycles. The fraction of sp³-hybridized carbons (Fsp3) is 1.00. The monoisotopic (exact) mass is 283 g/mol. The average Bonchev–Trinajstić information content (AvgIpc) is 2.27. The minimum Gasteiger partial charge on any atom is -0.311 e. The second-order valence-corrected chi connectivity index (χ2v) is 6.43. The molecule has 0 saturated heterocycles. The van der Waals surface area contributed by atoms with Gasteiger partial charge in [0.2, 0.25) is 0 Å². The Hall–Kier alpha value is 0.100. The topological polar surface area (TPSA) is 12.0 Å². The molecule has 1 fully saturated rings. The van der Waals surface area contributed by atoms with E-state index in [1.807, 2.05) is 18.7 Å². The van der Waals surface area contributed by atoms with Crippen molar-refractivity contribution in [2.45, 2.75) is 75.4 Å². The predicted molar refractivity (Wildman–Crippen MR) is 72.1 cm³/mol. The minimum atomic E-state index is -4.01. The van der Waals surface area contributed by atoms with Crippen molar-refractivity contribution in [1.29, 1.82) is 0 Å². The smallest absolute Gasteiger partial charge is 0.311 e. The van der Waals surface area contributed by atoms with Crippen LogP contribution in [0.5, 0.6) is 0 Å². The minimum absolute atomic E-state index is 0.193. The summed E-state index contributed by atoms with van der Waals surface area (Å²) < 4.78 is 36.1. The highest BCUT2D eigenvalue weighted by molar-refractivity contribution is 7.99. The Morgan fingerprint density at radius 3 is 2.67 bits per heavy atom. The number of hydrogen-bond donors (Lipinski definition) is 1. The SMILES string of the molecule is CSC1CCCC(NC(C)CCCC(F)(F)F)C1. The third kappa shape index (κ3) is 6.88. The molecule has 0 aromatic heterocycles. The highest BCUT2D eigenvalue weighted by Gasteiger charge is 2.27. The van der Waals surface area contributed by atoms with Gasteiger partial charge in [-0.25, -0.2) is 0 Å². The van der Waals surface area contributed by atoms with Gasteiger partial charge in [-0.1, -0.05) is 6.42 Å². The van der Waals surface area contributed by atoms with Crippen molar-refractivity contribution in [3.8, 4) is 0 Å². The van der Waals surface area contributed by atoms with Gasteiger partial charge in [0.15, 0.2) is 0 Å². The van der Waals surface area contributed by atoms with Crippen LogP contribution in [0.15, 0.2) is 0 Å². The maximum Gasteiger partial charge on any atom is 0.389 e. The van der Waals surface area contributed by atoms with Crippen molar-refractivity contribution in [3.63, 3.8) is 0 Å². The predicted octanol–water partition coefficient (Wildman–Crippen LogP) is 4.37. The van der Waals surface area contributed by atoms with Gasteiger partial charge in [0.25, 0.3) is 0 Å². The van der Waals surface area contributed by atoms with Crippen molar-refractivity contribution in [2.75, 3.05) is 6.26 Å². The zero-order valence-corrected chi connectivity index (χ0v) is 12.0. The van der Waals surface area contributed by atoms with Crippen LogP contribution in [-0.2, 0) is 0 Å². The van der Waals surface area contributed by atoms with Crippen LogP contribution < -0.4 is 5.32 Å². The molecule has 0 spiro atoms. The fourth-order valence-electron chi connectivity index (χ4n) is 2.60. The second kappa shape index (κ2) is 7.63. The van der Waals surface area contributed by atoms with E-state index in [9.17, 15) is 13.2 Å². The Labute approximate surface area is 112 Å². The van der Waals surface area contributed by atoms with Gasteiger partial charge in [0.05, 0.1) is 0 Å². The van der Waals surface area contributed by atoms with Crippen LogP contribution in [0.4, 0.5) is 13.2 Å². The fourth-order valence-corrected chi connectivity index (χ4v) is 3.43. The first kappa shape index (κ1) is 16.2. The maximum absolute atomic E-state index is 12.0. The summed E-state index contributed by atoms with van der Waals surface area (Å²) in [4.78, 5) is 0. The van der Waals surface area contributed by atoms with Crippen molar-refractivity contribution >= 4 is 11.8 Å². The van der Waals surface area contributed by atoms with Crippen LogP contribution in [0.25, 0.3) is 0 Å². The first-order chi connectivity index (χ1) is 8.40. The lowest BCUT2D eigenvalue weighted by Gasteiger charge is -2.31. The lowest BCUT2D eigenvalue weighted by Crippen LogP contribution is -2.40. The van der Waals surface area contributed by atoms with Crippen LogP contribution in [-0.4, -0.2) is 29.8 Å². The van der Waals surface area contributed by atoms with E-state index in [0.29, 0.717) is 12.5 Å². The molecule has 5 heteroatoms. The molecule has 0 amide bonds. The molecule has 1 nitrogen and oxygen atoms in total. The number of alkyl halides is 3. The summed E-state index contributed by atoms with van der Waals surface area (Å²) in [6.45, 7) is 2.00. The van der Waals surface area contributed by atoms with Crippen molar-refractivity contribution in [1.82, 2.24) is 5.32 Å². The molecule has 1 N–H and O–H groups in total. The third-order valence-corrected chi connectivity index (χ3v) is 4.67. The number of nitrogens with one attached hydrogen (secondary N) is 1. The van der Waals surface area contributed by atoms with Crippen LogP contribution in [0.2, 0.25) is 0 Å². The standard InChI is InChI=1S/C13H24F3NS/c1-10(5-4-8-13(14,15)16)17-11-6-3-7-12(9-11)18-2/h10-12,17H,3-9H2,1-2H3. The molecule has 3 atom stereocenters. The summed E-state index contributed by atoms with van der Waals surface area (Å²) in [6.07, 6.45) is 3.16. The van der Waals surface area contributed by atoms with Crippen LogP contribution >= 0.6 is 11.8 Å². The Balaban J connectivity index is 2.17. The molecule has 1 aliphatic carbocycles. The Bertz CT molecular complexity index is 233. The molecule has 108 valence electrons. The summed E-state index contributed by atoms with van der Waals surface area (Å²) in [6, 6.07) is 0.690. The van der Waals surface area contributed by atoms with E-state index in [0.717, 1.165) is 11.7 Å². The molecular formula is C13H24F3NS. The lowest BCUT2D eigenvalue weighted by atomic mass is 9.94. The van der Waals surface area contributed by atoms with Crippen molar-refractivity contribution < 1.29 is 13.2 Å². The zero-order valence-electron chi connectivity index (χ0n) is 11.2. The molecule has 0 aliphatic heterocycles. The van der Waals surface area contributed by atoms with Gasteiger partial charge >= 0.3 is 6.18 Å². The first-order valence-electron chi connectivity index (χ1n) is 6.76.